The third-order valence-corrected chi connectivity index (χ3v) is 2.93. The second kappa shape index (κ2) is 4.55. The molecule has 80 valence electrons. The first kappa shape index (κ1) is 11.2. The van der Waals surface area contributed by atoms with Crippen molar-refractivity contribution in [1.29, 1.82) is 0 Å². The lowest BCUT2D eigenvalue weighted by molar-refractivity contribution is 0.307. The van der Waals surface area contributed by atoms with Crippen molar-refractivity contribution in [2.45, 2.75) is 40.2 Å². The lowest BCUT2D eigenvalue weighted by Gasteiger charge is -2.25. The fourth-order valence-corrected chi connectivity index (χ4v) is 1.41. The molecule has 0 fully saturated rings. The molecule has 0 aliphatic rings. The van der Waals surface area contributed by atoms with Crippen LogP contribution < -0.4 is 5.73 Å². The van der Waals surface area contributed by atoms with Crippen molar-refractivity contribution < 1.29 is 0 Å². The molecule has 0 bridgehead atoms. The molecule has 1 atom stereocenters. The predicted molar refractivity (Wildman–Crippen MR) is 56.9 cm³/mol. The van der Waals surface area contributed by atoms with Gasteiger partial charge < -0.3 is 5.73 Å². The van der Waals surface area contributed by atoms with Gasteiger partial charge in [0, 0.05) is 13.0 Å². The van der Waals surface area contributed by atoms with Crippen LogP contribution in [0.15, 0.2) is 6.33 Å². The zero-order valence-corrected chi connectivity index (χ0v) is 9.32. The van der Waals surface area contributed by atoms with E-state index in [0.29, 0.717) is 6.54 Å². The van der Waals surface area contributed by atoms with Gasteiger partial charge in [0.15, 0.2) is 0 Å². The highest BCUT2D eigenvalue weighted by atomic mass is 15.3. The van der Waals surface area contributed by atoms with Gasteiger partial charge in [-0.25, -0.2) is 4.98 Å². The summed E-state index contributed by atoms with van der Waals surface area (Å²) in [6.45, 7) is 8.00. The molecule has 0 radical (unpaired) electrons. The lowest BCUT2D eigenvalue weighted by atomic mass is 9.84. The monoisotopic (exact) mass is 196 g/mol. The molecule has 0 amide bonds. The summed E-state index contributed by atoms with van der Waals surface area (Å²) in [4.78, 5) is 4.26. The maximum atomic E-state index is 5.77. The first-order valence-corrected chi connectivity index (χ1v) is 5.22. The Morgan fingerprint density at radius 3 is 2.71 bits per heavy atom. The quantitative estimate of drug-likeness (QED) is 0.770. The van der Waals surface area contributed by atoms with Crippen LogP contribution in [0.25, 0.3) is 0 Å². The second-order valence-corrected chi connectivity index (χ2v) is 4.04. The summed E-state index contributed by atoms with van der Waals surface area (Å²) in [6, 6.07) is 0. The minimum Gasteiger partial charge on any atom is -0.330 e. The third kappa shape index (κ3) is 2.32. The Morgan fingerprint density at radius 2 is 2.21 bits per heavy atom. The Kier molecular flexibility index (Phi) is 3.63. The van der Waals surface area contributed by atoms with Crippen LogP contribution >= 0.6 is 0 Å². The van der Waals surface area contributed by atoms with Crippen LogP contribution in [0, 0.1) is 5.41 Å². The topological polar surface area (TPSA) is 56.7 Å². The molecule has 0 aliphatic carbocycles. The van der Waals surface area contributed by atoms with E-state index >= 15 is 0 Å². The van der Waals surface area contributed by atoms with Gasteiger partial charge in [-0.15, -0.1) is 0 Å². The molecule has 0 saturated heterocycles. The molecule has 1 aromatic rings. The molecular formula is C10H20N4. The lowest BCUT2D eigenvalue weighted by Crippen LogP contribution is -2.30. The molecule has 1 aromatic heterocycles. The summed E-state index contributed by atoms with van der Waals surface area (Å²) in [5.74, 6) is 1.04. The van der Waals surface area contributed by atoms with Crippen molar-refractivity contribution in [3.63, 3.8) is 0 Å². The summed E-state index contributed by atoms with van der Waals surface area (Å²) in [5.41, 5.74) is 5.92. The minimum atomic E-state index is 0.153. The Bertz CT molecular complexity index is 275. The van der Waals surface area contributed by atoms with Crippen LogP contribution in [0.2, 0.25) is 0 Å². The average molecular weight is 196 g/mol. The zero-order chi connectivity index (χ0) is 10.6. The second-order valence-electron chi connectivity index (χ2n) is 4.04. The van der Waals surface area contributed by atoms with Gasteiger partial charge in [0.05, 0.1) is 0 Å². The van der Waals surface area contributed by atoms with Crippen LogP contribution in [-0.4, -0.2) is 21.3 Å². The standard InChI is InChI=1S/C10H20N4/c1-4-10(3,7-11)6-9-12-8-13-14(9)5-2/h8H,4-7,11H2,1-3H3. The molecule has 0 aliphatic heterocycles. The summed E-state index contributed by atoms with van der Waals surface area (Å²) in [5, 5.41) is 4.15. The number of hydrogen-bond acceptors (Lipinski definition) is 3. The predicted octanol–water partition coefficient (Wildman–Crippen LogP) is 1.22. The van der Waals surface area contributed by atoms with E-state index < -0.39 is 0 Å². The van der Waals surface area contributed by atoms with Crippen molar-refractivity contribution in [1.82, 2.24) is 14.8 Å². The maximum Gasteiger partial charge on any atom is 0.138 e. The highest BCUT2D eigenvalue weighted by Gasteiger charge is 2.23. The van der Waals surface area contributed by atoms with E-state index in [1.54, 1.807) is 6.33 Å². The van der Waals surface area contributed by atoms with Crippen molar-refractivity contribution in [3.8, 4) is 0 Å². The van der Waals surface area contributed by atoms with E-state index in [4.69, 9.17) is 5.73 Å². The van der Waals surface area contributed by atoms with Crippen LogP contribution in [0.4, 0.5) is 0 Å². The maximum absolute atomic E-state index is 5.77. The van der Waals surface area contributed by atoms with E-state index in [-0.39, 0.29) is 5.41 Å². The number of nitrogens with zero attached hydrogens (tertiary/aromatic N) is 3. The molecule has 1 unspecified atom stereocenters. The first-order chi connectivity index (χ1) is 6.65. The molecule has 1 heterocycles. The SMILES string of the molecule is CCn1ncnc1CC(C)(CC)CN. The van der Waals surface area contributed by atoms with Crippen LogP contribution in [0.1, 0.15) is 33.0 Å². The average Bonchev–Trinajstić information content (AvgIpc) is 2.65. The van der Waals surface area contributed by atoms with E-state index in [0.717, 1.165) is 25.2 Å². The van der Waals surface area contributed by atoms with Crippen molar-refractivity contribution >= 4 is 0 Å². The summed E-state index contributed by atoms with van der Waals surface area (Å²) in [7, 11) is 0. The van der Waals surface area contributed by atoms with Crippen molar-refractivity contribution in [2.24, 2.45) is 11.1 Å². The van der Waals surface area contributed by atoms with E-state index in [9.17, 15) is 0 Å². The summed E-state index contributed by atoms with van der Waals surface area (Å²) < 4.78 is 1.93. The Morgan fingerprint density at radius 1 is 1.50 bits per heavy atom. The number of rotatable bonds is 5. The molecular weight excluding hydrogens is 176 g/mol. The van der Waals surface area contributed by atoms with E-state index in [2.05, 4.69) is 30.9 Å². The zero-order valence-electron chi connectivity index (χ0n) is 9.32. The number of hydrogen-bond donors (Lipinski definition) is 1. The molecule has 0 aromatic carbocycles. The molecule has 14 heavy (non-hydrogen) atoms. The number of aryl methyl sites for hydroxylation is 1. The Hall–Kier alpha value is -0.900. The minimum absolute atomic E-state index is 0.153. The number of aromatic nitrogens is 3. The van der Waals surface area contributed by atoms with Gasteiger partial charge >= 0.3 is 0 Å². The Labute approximate surface area is 85.5 Å². The summed E-state index contributed by atoms with van der Waals surface area (Å²) in [6.07, 6.45) is 3.60. The fraction of sp³-hybridized carbons (Fsp3) is 0.800. The molecule has 4 heteroatoms. The highest BCUT2D eigenvalue weighted by molar-refractivity contribution is 4.92. The highest BCUT2D eigenvalue weighted by Crippen LogP contribution is 2.23. The first-order valence-electron chi connectivity index (χ1n) is 5.22. The van der Waals surface area contributed by atoms with E-state index in [1.807, 2.05) is 4.68 Å². The van der Waals surface area contributed by atoms with Gasteiger partial charge in [0.2, 0.25) is 0 Å². The molecule has 4 nitrogen and oxygen atoms in total. The van der Waals surface area contributed by atoms with Crippen molar-refractivity contribution in [3.05, 3.63) is 12.2 Å². The largest absolute Gasteiger partial charge is 0.330 e. The molecule has 0 saturated carbocycles. The van der Waals surface area contributed by atoms with Gasteiger partial charge in [0.1, 0.15) is 12.2 Å². The van der Waals surface area contributed by atoms with Crippen LogP contribution in [0.3, 0.4) is 0 Å². The van der Waals surface area contributed by atoms with Crippen molar-refractivity contribution in [2.75, 3.05) is 6.54 Å². The normalized spacial score (nSPS) is 15.4. The number of nitrogens with two attached hydrogens (primary N) is 1. The van der Waals surface area contributed by atoms with Gasteiger partial charge in [-0.3, -0.25) is 4.68 Å². The van der Waals surface area contributed by atoms with E-state index in [1.165, 1.54) is 0 Å². The fourth-order valence-electron chi connectivity index (χ4n) is 1.41. The van der Waals surface area contributed by atoms with Crippen LogP contribution in [-0.2, 0) is 13.0 Å². The van der Waals surface area contributed by atoms with Gasteiger partial charge in [0.25, 0.3) is 0 Å². The van der Waals surface area contributed by atoms with Gasteiger partial charge in [-0.2, -0.15) is 5.10 Å². The smallest absolute Gasteiger partial charge is 0.138 e. The Balaban J connectivity index is 2.76. The van der Waals surface area contributed by atoms with Gasteiger partial charge in [-0.05, 0) is 25.3 Å². The van der Waals surface area contributed by atoms with Gasteiger partial charge in [-0.1, -0.05) is 13.8 Å². The summed E-state index contributed by atoms with van der Waals surface area (Å²) >= 11 is 0. The molecule has 1 rings (SSSR count). The molecule has 2 N–H and O–H groups in total. The third-order valence-electron chi connectivity index (χ3n) is 2.93. The van der Waals surface area contributed by atoms with Crippen LogP contribution in [0.5, 0.6) is 0 Å². The molecule has 0 spiro atoms.